The Kier molecular flexibility index (Phi) is 4.61. The van der Waals surface area contributed by atoms with E-state index in [1.807, 2.05) is 0 Å². The van der Waals surface area contributed by atoms with Gasteiger partial charge in [-0.2, -0.15) is 0 Å². The maximum Gasteiger partial charge on any atom is 0.135 e. The largest absolute Gasteiger partial charge is 0.370 e. The molecule has 1 heterocycles. The predicted molar refractivity (Wildman–Crippen MR) is 80.7 cm³/mol. The minimum Gasteiger partial charge on any atom is -0.370 e. The second kappa shape index (κ2) is 6.22. The molecule has 0 aliphatic heterocycles. The lowest BCUT2D eigenvalue weighted by molar-refractivity contribution is 0.685. The smallest absolute Gasteiger partial charge is 0.135 e. The summed E-state index contributed by atoms with van der Waals surface area (Å²) in [6.07, 6.45) is 5.45. The zero-order valence-electron chi connectivity index (χ0n) is 12.5. The van der Waals surface area contributed by atoms with Crippen molar-refractivity contribution in [2.45, 2.75) is 58.9 Å². The first-order valence-electron chi connectivity index (χ1n) is 7.48. The van der Waals surface area contributed by atoms with Gasteiger partial charge in [0.2, 0.25) is 0 Å². The molecule has 1 aliphatic rings. The summed E-state index contributed by atoms with van der Waals surface area (Å²) in [6, 6.07) is 0.506. The van der Waals surface area contributed by atoms with Crippen LogP contribution in [0.5, 0.6) is 0 Å². The molecular weight excluding hydrogens is 236 g/mol. The Morgan fingerprint density at radius 3 is 2.47 bits per heavy atom. The van der Waals surface area contributed by atoms with Gasteiger partial charge in [-0.1, -0.05) is 20.8 Å². The van der Waals surface area contributed by atoms with Crippen molar-refractivity contribution in [3.8, 4) is 0 Å². The van der Waals surface area contributed by atoms with E-state index in [4.69, 9.17) is 0 Å². The molecule has 0 saturated heterocycles. The monoisotopic (exact) mass is 262 g/mol. The first-order chi connectivity index (χ1) is 9.13. The number of nitrogens with zero attached hydrogens (tertiary/aromatic N) is 2. The fraction of sp³-hybridized carbons (Fsp3) is 0.733. The number of rotatable bonds is 7. The first kappa shape index (κ1) is 14.1. The lowest BCUT2D eigenvalue weighted by Gasteiger charge is -2.20. The molecule has 1 aromatic rings. The molecule has 0 amide bonds. The molecule has 106 valence electrons. The van der Waals surface area contributed by atoms with Crippen LogP contribution in [0.25, 0.3) is 0 Å². The van der Waals surface area contributed by atoms with E-state index in [1.54, 1.807) is 6.33 Å². The minimum atomic E-state index is 0.412. The van der Waals surface area contributed by atoms with Crippen molar-refractivity contribution in [2.75, 3.05) is 17.2 Å². The zero-order chi connectivity index (χ0) is 13.8. The molecule has 1 saturated carbocycles. The Labute approximate surface area is 116 Å². The lowest BCUT2D eigenvalue weighted by Crippen LogP contribution is -2.20. The molecule has 2 N–H and O–H groups in total. The molecule has 19 heavy (non-hydrogen) atoms. The predicted octanol–water partition coefficient (Wildman–Crippen LogP) is 3.63. The molecule has 2 rings (SSSR count). The van der Waals surface area contributed by atoms with Crippen LogP contribution >= 0.6 is 0 Å². The van der Waals surface area contributed by atoms with Gasteiger partial charge in [-0.3, -0.25) is 0 Å². The minimum absolute atomic E-state index is 0.412. The van der Waals surface area contributed by atoms with E-state index in [1.165, 1.54) is 18.4 Å². The van der Waals surface area contributed by atoms with E-state index in [0.29, 0.717) is 12.0 Å². The van der Waals surface area contributed by atoms with E-state index in [9.17, 15) is 0 Å². The van der Waals surface area contributed by atoms with Crippen LogP contribution in [0.4, 0.5) is 11.6 Å². The molecule has 0 radical (unpaired) electrons. The Bertz CT molecular complexity index is 413. The summed E-state index contributed by atoms with van der Waals surface area (Å²) in [6.45, 7) is 9.76. The van der Waals surface area contributed by atoms with Gasteiger partial charge in [0.25, 0.3) is 0 Å². The summed E-state index contributed by atoms with van der Waals surface area (Å²) in [5, 5.41) is 6.99. The molecular formula is C15H26N4. The molecule has 0 spiro atoms. The average Bonchev–Trinajstić information content (AvgIpc) is 3.20. The highest BCUT2D eigenvalue weighted by molar-refractivity contribution is 5.59. The van der Waals surface area contributed by atoms with Gasteiger partial charge in [0.15, 0.2) is 0 Å². The third-order valence-electron chi connectivity index (χ3n) is 3.70. The van der Waals surface area contributed by atoms with E-state index in [-0.39, 0.29) is 0 Å². The lowest BCUT2D eigenvalue weighted by atomic mass is 10.0. The normalized spacial score (nSPS) is 16.5. The van der Waals surface area contributed by atoms with Crippen LogP contribution in [0, 0.1) is 5.92 Å². The second-order valence-electron chi connectivity index (χ2n) is 5.84. The van der Waals surface area contributed by atoms with Crippen LogP contribution in [-0.2, 0) is 0 Å². The number of nitrogens with one attached hydrogen (secondary N) is 2. The van der Waals surface area contributed by atoms with Crippen molar-refractivity contribution >= 4 is 11.6 Å². The molecule has 1 fully saturated rings. The van der Waals surface area contributed by atoms with Gasteiger partial charge in [-0.15, -0.1) is 0 Å². The molecule has 0 aromatic carbocycles. The van der Waals surface area contributed by atoms with Crippen molar-refractivity contribution in [3.63, 3.8) is 0 Å². The molecule has 1 aliphatic carbocycles. The summed E-state index contributed by atoms with van der Waals surface area (Å²) >= 11 is 0. The summed E-state index contributed by atoms with van der Waals surface area (Å²) in [5.74, 6) is 3.22. The zero-order valence-corrected chi connectivity index (χ0v) is 12.5. The standard InChI is InChI=1S/C15H26N4/c1-5-8-16-14-13(10(2)3)15(18-9-17-14)19-11(4)12-6-7-12/h9-12H,5-8H2,1-4H3,(H2,16,17,18,19). The van der Waals surface area contributed by atoms with E-state index >= 15 is 0 Å². The van der Waals surface area contributed by atoms with Crippen LogP contribution in [0.15, 0.2) is 6.33 Å². The maximum absolute atomic E-state index is 4.46. The van der Waals surface area contributed by atoms with Gasteiger partial charge in [-0.25, -0.2) is 9.97 Å². The highest BCUT2D eigenvalue weighted by atomic mass is 15.1. The Morgan fingerprint density at radius 1 is 1.21 bits per heavy atom. The van der Waals surface area contributed by atoms with Gasteiger partial charge in [-0.05, 0) is 38.0 Å². The summed E-state index contributed by atoms with van der Waals surface area (Å²) in [5.41, 5.74) is 1.21. The summed E-state index contributed by atoms with van der Waals surface area (Å²) < 4.78 is 0. The van der Waals surface area contributed by atoms with Crippen LogP contribution in [-0.4, -0.2) is 22.6 Å². The topological polar surface area (TPSA) is 49.8 Å². The van der Waals surface area contributed by atoms with Crippen LogP contribution in [0.3, 0.4) is 0 Å². The Morgan fingerprint density at radius 2 is 1.89 bits per heavy atom. The van der Waals surface area contributed by atoms with E-state index in [2.05, 4.69) is 48.3 Å². The van der Waals surface area contributed by atoms with Crippen LogP contribution in [0.2, 0.25) is 0 Å². The Hall–Kier alpha value is -1.32. The van der Waals surface area contributed by atoms with Crippen LogP contribution in [0.1, 0.15) is 58.4 Å². The summed E-state index contributed by atoms with van der Waals surface area (Å²) in [7, 11) is 0. The third kappa shape index (κ3) is 3.58. The third-order valence-corrected chi connectivity index (χ3v) is 3.70. The van der Waals surface area contributed by atoms with Crippen molar-refractivity contribution in [2.24, 2.45) is 5.92 Å². The first-order valence-corrected chi connectivity index (χ1v) is 7.48. The highest BCUT2D eigenvalue weighted by Crippen LogP contribution is 2.35. The van der Waals surface area contributed by atoms with E-state index < -0.39 is 0 Å². The number of hydrogen-bond acceptors (Lipinski definition) is 4. The SMILES string of the molecule is CCCNc1ncnc(NC(C)C2CC2)c1C(C)C. The van der Waals surface area contributed by atoms with Gasteiger partial charge < -0.3 is 10.6 Å². The van der Waals surface area contributed by atoms with E-state index in [0.717, 1.165) is 30.5 Å². The second-order valence-corrected chi connectivity index (χ2v) is 5.84. The fourth-order valence-corrected chi connectivity index (χ4v) is 2.37. The molecule has 1 atom stereocenters. The molecule has 4 heteroatoms. The van der Waals surface area contributed by atoms with Gasteiger partial charge in [0, 0.05) is 18.2 Å². The van der Waals surface area contributed by atoms with Crippen molar-refractivity contribution < 1.29 is 0 Å². The van der Waals surface area contributed by atoms with Crippen molar-refractivity contribution in [3.05, 3.63) is 11.9 Å². The summed E-state index contributed by atoms with van der Waals surface area (Å²) in [4.78, 5) is 8.86. The molecule has 1 unspecified atom stereocenters. The maximum atomic E-state index is 4.46. The quantitative estimate of drug-likeness (QED) is 0.788. The number of aromatic nitrogens is 2. The van der Waals surface area contributed by atoms with Gasteiger partial charge in [0.1, 0.15) is 18.0 Å². The molecule has 1 aromatic heterocycles. The fourth-order valence-electron chi connectivity index (χ4n) is 2.37. The number of anilines is 2. The van der Waals surface area contributed by atoms with Gasteiger partial charge in [0.05, 0.1) is 0 Å². The van der Waals surface area contributed by atoms with Crippen LogP contribution < -0.4 is 10.6 Å². The average molecular weight is 262 g/mol. The molecule has 4 nitrogen and oxygen atoms in total. The van der Waals surface area contributed by atoms with Gasteiger partial charge >= 0.3 is 0 Å². The number of hydrogen-bond donors (Lipinski definition) is 2. The van der Waals surface area contributed by atoms with Crippen molar-refractivity contribution in [1.29, 1.82) is 0 Å². The molecule has 0 bridgehead atoms. The van der Waals surface area contributed by atoms with Crippen molar-refractivity contribution in [1.82, 2.24) is 9.97 Å². The highest BCUT2D eigenvalue weighted by Gasteiger charge is 2.29. The Balaban J connectivity index is 2.19.